The monoisotopic (exact) mass is 230 g/mol. The number of pyridine rings is 1. The smallest absolute Gasteiger partial charge is 0.239 e. The molecule has 0 radical (unpaired) electrons. The number of hydrogen-bond donors (Lipinski definition) is 1. The lowest BCUT2D eigenvalue weighted by Crippen LogP contribution is -2.36. The number of hydrogen-bond acceptors (Lipinski definition) is 4. The molecule has 1 aromatic heterocycles. The molecule has 1 fully saturated rings. The third-order valence-electron chi connectivity index (χ3n) is 2.56. The van der Waals surface area contributed by atoms with Crippen molar-refractivity contribution in [2.75, 3.05) is 18.5 Å². The van der Waals surface area contributed by atoms with E-state index in [1.54, 1.807) is 30.1 Å². The molecule has 0 aromatic carbocycles. The summed E-state index contributed by atoms with van der Waals surface area (Å²) in [6.07, 6.45) is 2.16. The summed E-state index contributed by atoms with van der Waals surface area (Å²) in [5, 5.41) is 11.7. The van der Waals surface area contributed by atoms with Crippen LogP contribution in [0.1, 0.15) is 18.5 Å². The maximum absolute atomic E-state index is 11.6. The second-order valence-electron chi connectivity index (χ2n) is 4.19. The van der Waals surface area contributed by atoms with Crippen LogP contribution in [0.4, 0.5) is 5.82 Å². The predicted molar refractivity (Wildman–Crippen MR) is 63.4 cm³/mol. The number of anilines is 1. The first-order valence-corrected chi connectivity index (χ1v) is 5.56. The largest absolute Gasteiger partial charge is 0.352 e. The molecule has 0 aliphatic heterocycles. The Labute approximate surface area is 100 Å². The number of amides is 1. The number of aromatic nitrogens is 1. The first kappa shape index (κ1) is 11.4. The van der Waals surface area contributed by atoms with Crippen LogP contribution in [0.25, 0.3) is 0 Å². The van der Waals surface area contributed by atoms with E-state index >= 15 is 0 Å². The van der Waals surface area contributed by atoms with Crippen LogP contribution >= 0.6 is 0 Å². The number of nitrogens with zero attached hydrogens (tertiary/aromatic N) is 3. The normalized spacial score (nSPS) is 13.9. The van der Waals surface area contributed by atoms with Gasteiger partial charge in [0, 0.05) is 13.1 Å². The molecule has 5 nitrogen and oxygen atoms in total. The summed E-state index contributed by atoms with van der Waals surface area (Å²) in [7, 11) is 1.79. The van der Waals surface area contributed by atoms with Gasteiger partial charge in [0.1, 0.15) is 17.6 Å². The molecule has 2 rings (SSSR count). The van der Waals surface area contributed by atoms with Gasteiger partial charge in [0.05, 0.1) is 6.54 Å². The van der Waals surface area contributed by atoms with Gasteiger partial charge in [-0.3, -0.25) is 4.79 Å². The van der Waals surface area contributed by atoms with Gasteiger partial charge in [-0.15, -0.1) is 0 Å². The van der Waals surface area contributed by atoms with Crippen molar-refractivity contribution >= 4 is 11.7 Å². The summed E-state index contributed by atoms with van der Waals surface area (Å²) in [5.41, 5.74) is 0.358. The second kappa shape index (κ2) is 4.83. The first-order valence-electron chi connectivity index (χ1n) is 5.56. The van der Waals surface area contributed by atoms with Crippen molar-refractivity contribution in [1.29, 1.82) is 5.26 Å². The summed E-state index contributed by atoms with van der Waals surface area (Å²) < 4.78 is 0. The summed E-state index contributed by atoms with van der Waals surface area (Å²) in [4.78, 5) is 17.4. The third kappa shape index (κ3) is 3.18. The van der Waals surface area contributed by atoms with Gasteiger partial charge >= 0.3 is 0 Å². The maximum atomic E-state index is 11.6. The lowest BCUT2D eigenvalue weighted by atomic mass is 10.3. The van der Waals surface area contributed by atoms with E-state index in [-0.39, 0.29) is 12.5 Å². The molecule has 0 saturated heterocycles. The average molecular weight is 230 g/mol. The van der Waals surface area contributed by atoms with Crippen LogP contribution in [-0.4, -0.2) is 30.5 Å². The zero-order valence-corrected chi connectivity index (χ0v) is 9.68. The highest BCUT2D eigenvalue weighted by Crippen LogP contribution is 2.18. The van der Waals surface area contributed by atoms with E-state index in [9.17, 15) is 4.79 Å². The highest BCUT2D eigenvalue weighted by Gasteiger charge is 2.23. The molecular weight excluding hydrogens is 216 g/mol. The van der Waals surface area contributed by atoms with Gasteiger partial charge < -0.3 is 10.2 Å². The maximum Gasteiger partial charge on any atom is 0.239 e. The van der Waals surface area contributed by atoms with Crippen molar-refractivity contribution in [3.05, 3.63) is 23.9 Å². The van der Waals surface area contributed by atoms with Crippen molar-refractivity contribution in [2.24, 2.45) is 0 Å². The van der Waals surface area contributed by atoms with Gasteiger partial charge in [-0.05, 0) is 25.0 Å². The molecule has 0 bridgehead atoms. The molecule has 1 saturated carbocycles. The summed E-state index contributed by atoms with van der Waals surface area (Å²) in [5.74, 6) is 0.633. The Kier molecular flexibility index (Phi) is 3.24. The van der Waals surface area contributed by atoms with Crippen molar-refractivity contribution in [1.82, 2.24) is 10.3 Å². The lowest BCUT2D eigenvalue weighted by Gasteiger charge is -2.17. The molecule has 17 heavy (non-hydrogen) atoms. The number of nitriles is 1. The number of carbonyl (C=O) groups excluding carboxylic acids is 1. The minimum Gasteiger partial charge on any atom is -0.352 e. The fourth-order valence-corrected chi connectivity index (χ4v) is 1.50. The molecule has 1 heterocycles. The minimum atomic E-state index is -0.000777. The van der Waals surface area contributed by atoms with E-state index in [0.29, 0.717) is 17.6 Å². The van der Waals surface area contributed by atoms with Gasteiger partial charge in [-0.25, -0.2) is 4.98 Å². The van der Waals surface area contributed by atoms with Crippen LogP contribution in [0.15, 0.2) is 18.2 Å². The Morgan fingerprint density at radius 2 is 2.41 bits per heavy atom. The lowest BCUT2D eigenvalue weighted by molar-refractivity contribution is -0.119. The van der Waals surface area contributed by atoms with E-state index in [1.165, 1.54) is 0 Å². The number of carbonyl (C=O) groups is 1. The Morgan fingerprint density at radius 3 is 3.06 bits per heavy atom. The van der Waals surface area contributed by atoms with Crippen LogP contribution in [-0.2, 0) is 4.79 Å². The molecule has 1 amide bonds. The van der Waals surface area contributed by atoms with Crippen molar-refractivity contribution in [3.63, 3.8) is 0 Å². The zero-order chi connectivity index (χ0) is 12.3. The standard InChI is InChI=1S/C12H14N4O/c1-16(8-12(17)15-9-5-6-9)11-4-2-3-10(7-13)14-11/h2-4,9H,5-6,8H2,1H3,(H,15,17). The Bertz CT molecular complexity index is 462. The van der Waals surface area contributed by atoms with Crippen LogP contribution in [0.3, 0.4) is 0 Å². The van der Waals surface area contributed by atoms with Crippen LogP contribution < -0.4 is 10.2 Å². The van der Waals surface area contributed by atoms with E-state index in [0.717, 1.165) is 12.8 Å². The Morgan fingerprint density at radius 1 is 1.65 bits per heavy atom. The average Bonchev–Trinajstić information content (AvgIpc) is 3.12. The third-order valence-corrected chi connectivity index (χ3v) is 2.56. The van der Waals surface area contributed by atoms with Crippen molar-refractivity contribution < 1.29 is 4.79 Å². The van der Waals surface area contributed by atoms with Gasteiger partial charge in [0.2, 0.25) is 5.91 Å². The van der Waals surface area contributed by atoms with Gasteiger partial charge in [0.15, 0.2) is 0 Å². The molecule has 0 spiro atoms. The van der Waals surface area contributed by atoms with E-state index in [1.807, 2.05) is 6.07 Å². The molecule has 1 aliphatic rings. The Hall–Kier alpha value is -2.09. The highest BCUT2D eigenvalue weighted by atomic mass is 16.2. The SMILES string of the molecule is CN(CC(=O)NC1CC1)c1cccc(C#N)n1. The molecule has 1 aromatic rings. The van der Waals surface area contributed by atoms with Crippen LogP contribution in [0, 0.1) is 11.3 Å². The van der Waals surface area contributed by atoms with Gasteiger partial charge in [-0.2, -0.15) is 5.26 Å². The van der Waals surface area contributed by atoms with Crippen molar-refractivity contribution in [3.8, 4) is 6.07 Å². The number of likely N-dealkylation sites (N-methyl/N-ethyl adjacent to an activating group) is 1. The van der Waals surface area contributed by atoms with E-state index in [4.69, 9.17) is 5.26 Å². The fourth-order valence-electron chi connectivity index (χ4n) is 1.50. The topological polar surface area (TPSA) is 69.0 Å². The summed E-state index contributed by atoms with van der Waals surface area (Å²) in [6.45, 7) is 0.262. The summed E-state index contributed by atoms with van der Waals surface area (Å²) >= 11 is 0. The van der Waals surface area contributed by atoms with Crippen LogP contribution in [0.2, 0.25) is 0 Å². The molecule has 1 aliphatic carbocycles. The quantitative estimate of drug-likeness (QED) is 0.825. The van der Waals surface area contributed by atoms with Gasteiger partial charge in [0.25, 0.3) is 0 Å². The fraction of sp³-hybridized carbons (Fsp3) is 0.417. The highest BCUT2D eigenvalue weighted by molar-refractivity contribution is 5.81. The molecular formula is C12H14N4O. The van der Waals surface area contributed by atoms with Gasteiger partial charge in [-0.1, -0.05) is 6.07 Å². The van der Waals surface area contributed by atoms with Crippen molar-refractivity contribution in [2.45, 2.75) is 18.9 Å². The molecule has 0 atom stereocenters. The number of rotatable bonds is 4. The van der Waals surface area contributed by atoms with Crippen LogP contribution in [0.5, 0.6) is 0 Å². The first-order chi connectivity index (χ1) is 8.19. The zero-order valence-electron chi connectivity index (χ0n) is 9.68. The number of nitrogens with one attached hydrogen (secondary N) is 1. The molecule has 0 unspecified atom stereocenters. The van der Waals surface area contributed by atoms with E-state index < -0.39 is 0 Å². The van der Waals surface area contributed by atoms with E-state index in [2.05, 4.69) is 10.3 Å². The molecule has 1 N–H and O–H groups in total. The Balaban J connectivity index is 1.95. The second-order valence-corrected chi connectivity index (χ2v) is 4.19. The molecule has 5 heteroatoms. The predicted octanol–water partition coefficient (Wildman–Crippen LogP) is 0.668. The minimum absolute atomic E-state index is 0.000777. The molecule has 88 valence electrons. The summed E-state index contributed by atoms with van der Waals surface area (Å²) in [6, 6.07) is 7.53.